The van der Waals surface area contributed by atoms with Gasteiger partial charge >= 0.3 is 0 Å². The quantitative estimate of drug-likeness (QED) is 0.789. The SMILES string of the molecule is CCn1nc(C(=O)N2CC(C)(C)Oc3cc(Br)ccc32)ccc1=O. The lowest BCUT2D eigenvalue weighted by molar-refractivity contribution is 0.0831. The fourth-order valence-corrected chi connectivity index (χ4v) is 3.04. The predicted octanol–water partition coefficient (Wildman–Crippen LogP) is 2.84. The summed E-state index contributed by atoms with van der Waals surface area (Å²) >= 11 is 3.42. The van der Waals surface area contributed by atoms with Crippen molar-refractivity contribution < 1.29 is 9.53 Å². The Kier molecular flexibility index (Phi) is 4.21. The van der Waals surface area contributed by atoms with E-state index in [4.69, 9.17) is 4.74 Å². The van der Waals surface area contributed by atoms with E-state index in [9.17, 15) is 9.59 Å². The van der Waals surface area contributed by atoms with Crippen LogP contribution in [0.5, 0.6) is 5.75 Å². The molecule has 0 fully saturated rings. The highest BCUT2D eigenvalue weighted by molar-refractivity contribution is 9.10. The molecule has 2 heterocycles. The van der Waals surface area contributed by atoms with Gasteiger partial charge in [0.1, 0.15) is 17.0 Å². The van der Waals surface area contributed by atoms with Gasteiger partial charge in [-0.05, 0) is 45.0 Å². The van der Waals surface area contributed by atoms with Crippen molar-refractivity contribution in [2.24, 2.45) is 0 Å². The molecular formula is C17H18BrN3O3. The summed E-state index contributed by atoms with van der Waals surface area (Å²) in [7, 11) is 0. The second-order valence-corrected chi connectivity index (χ2v) is 7.15. The Morgan fingerprint density at radius 3 is 2.79 bits per heavy atom. The fraction of sp³-hybridized carbons (Fsp3) is 0.353. The molecule has 24 heavy (non-hydrogen) atoms. The van der Waals surface area contributed by atoms with E-state index in [0.717, 1.165) is 4.47 Å². The Morgan fingerprint density at radius 1 is 1.33 bits per heavy atom. The van der Waals surface area contributed by atoms with Crippen molar-refractivity contribution in [3.05, 3.63) is 50.9 Å². The Morgan fingerprint density at radius 2 is 2.08 bits per heavy atom. The number of halogens is 1. The van der Waals surface area contributed by atoms with Gasteiger partial charge in [0, 0.05) is 17.1 Å². The van der Waals surface area contributed by atoms with Crippen molar-refractivity contribution in [2.45, 2.75) is 32.9 Å². The van der Waals surface area contributed by atoms with Crippen molar-refractivity contribution >= 4 is 27.5 Å². The third kappa shape index (κ3) is 3.08. The minimum absolute atomic E-state index is 0.222. The van der Waals surface area contributed by atoms with Gasteiger partial charge in [0.15, 0.2) is 0 Å². The summed E-state index contributed by atoms with van der Waals surface area (Å²) < 4.78 is 8.14. The van der Waals surface area contributed by atoms with Gasteiger partial charge in [-0.1, -0.05) is 15.9 Å². The smallest absolute Gasteiger partial charge is 0.278 e. The van der Waals surface area contributed by atoms with Gasteiger partial charge in [0.2, 0.25) is 0 Å². The molecule has 1 aromatic carbocycles. The van der Waals surface area contributed by atoms with E-state index in [0.29, 0.717) is 24.5 Å². The van der Waals surface area contributed by atoms with Gasteiger partial charge in [-0.25, -0.2) is 4.68 Å². The zero-order chi connectivity index (χ0) is 17.5. The molecule has 0 radical (unpaired) electrons. The van der Waals surface area contributed by atoms with Gasteiger partial charge in [-0.15, -0.1) is 0 Å². The molecule has 126 valence electrons. The van der Waals surface area contributed by atoms with Crippen LogP contribution in [0.15, 0.2) is 39.6 Å². The summed E-state index contributed by atoms with van der Waals surface area (Å²) in [4.78, 5) is 26.3. The molecule has 0 aliphatic carbocycles. The number of hydrogen-bond acceptors (Lipinski definition) is 4. The minimum atomic E-state index is -0.525. The van der Waals surface area contributed by atoms with E-state index in [1.807, 2.05) is 39.0 Å². The monoisotopic (exact) mass is 391 g/mol. The minimum Gasteiger partial charge on any atom is -0.484 e. The van der Waals surface area contributed by atoms with Crippen LogP contribution in [-0.4, -0.2) is 27.8 Å². The van der Waals surface area contributed by atoms with E-state index in [1.54, 1.807) is 4.90 Å². The molecule has 0 saturated carbocycles. The highest BCUT2D eigenvalue weighted by atomic mass is 79.9. The van der Waals surface area contributed by atoms with Gasteiger partial charge in [-0.3, -0.25) is 14.5 Å². The van der Waals surface area contributed by atoms with Crippen LogP contribution < -0.4 is 15.2 Å². The van der Waals surface area contributed by atoms with Crippen molar-refractivity contribution in [3.8, 4) is 5.75 Å². The normalized spacial score (nSPS) is 15.6. The lowest BCUT2D eigenvalue weighted by Crippen LogP contribution is -2.49. The number of aryl methyl sites for hydroxylation is 1. The molecule has 1 aromatic heterocycles. The molecule has 1 aliphatic rings. The van der Waals surface area contributed by atoms with Crippen LogP contribution in [0.3, 0.4) is 0 Å². The summed E-state index contributed by atoms with van der Waals surface area (Å²) in [5.41, 5.74) is 0.185. The molecular weight excluding hydrogens is 374 g/mol. The second-order valence-electron chi connectivity index (χ2n) is 6.24. The topological polar surface area (TPSA) is 64.4 Å². The van der Waals surface area contributed by atoms with Crippen LogP contribution in [0.2, 0.25) is 0 Å². The molecule has 0 N–H and O–H groups in total. The molecule has 0 atom stereocenters. The highest BCUT2D eigenvalue weighted by Gasteiger charge is 2.35. The Balaban J connectivity index is 2.05. The predicted molar refractivity (Wildman–Crippen MR) is 94.7 cm³/mol. The van der Waals surface area contributed by atoms with E-state index in [2.05, 4.69) is 21.0 Å². The third-order valence-corrected chi connectivity index (χ3v) is 4.26. The van der Waals surface area contributed by atoms with Gasteiger partial charge in [-0.2, -0.15) is 5.10 Å². The van der Waals surface area contributed by atoms with Crippen LogP contribution >= 0.6 is 15.9 Å². The summed E-state index contributed by atoms with van der Waals surface area (Å²) in [6.07, 6.45) is 0. The second kappa shape index (κ2) is 6.05. The van der Waals surface area contributed by atoms with Crippen molar-refractivity contribution in [1.29, 1.82) is 0 Å². The van der Waals surface area contributed by atoms with Crippen LogP contribution in [-0.2, 0) is 6.54 Å². The molecule has 1 amide bonds. The third-order valence-electron chi connectivity index (χ3n) is 3.77. The van der Waals surface area contributed by atoms with E-state index >= 15 is 0 Å². The number of anilines is 1. The number of fused-ring (bicyclic) bond motifs is 1. The lowest BCUT2D eigenvalue weighted by Gasteiger charge is -2.39. The lowest BCUT2D eigenvalue weighted by atomic mass is 10.0. The number of nitrogens with zero attached hydrogens (tertiary/aromatic N) is 3. The highest BCUT2D eigenvalue weighted by Crippen LogP contribution is 2.39. The molecule has 0 spiro atoms. The molecule has 3 rings (SSSR count). The van der Waals surface area contributed by atoms with Gasteiger partial charge in [0.25, 0.3) is 11.5 Å². The number of aromatic nitrogens is 2. The Labute approximate surface area is 148 Å². The van der Waals surface area contributed by atoms with E-state index in [1.165, 1.54) is 16.8 Å². The molecule has 2 aromatic rings. The first-order valence-electron chi connectivity index (χ1n) is 7.69. The largest absolute Gasteiger partial charge is 0.484 e. The van der Waals surface area contributed by atoms with Crippen LogP contribution in [0.4, 0.5) is 5.69 Å². The van der Waals surface area contributed by atoms with Gasteiger partial charge in [0.05, 0.1) is 12.2 Å². The van der Waals surface area contributed by atoms with Gasteiger partial charge < -0.3 is 4.74 Å². The first-order chi connectivity index (χ1) is 11.3. The molecule has 7 heteroatoms. The number of rotatable bonds is 2. The standard InChI is InChI=1S/C17H18BrN3O3/c1-4-21-15(22)8-6-12(19-21)16(23)20-10-17(2,3)24-14-9-11(18)5-7-13(14)20/h5-9H,4,10H2,1-3H3. The molecule has 0 unspecified atom stereocenters. The number of carbonyl (C=O) groups is 1. The summed E-state index contributed by atoms with van der Waals surface area (Å²) in [5.74, 6) is 0.384. The zero-order valence-corrected chi connectivity index (χ0v) is 15.3. The summed E-state index contributed by atoms with van der Waals surface area (Å²) in [5, 5.41) is 4.17. The Hall–Kier alpha value is -2.15. The molecule has 1 aliphatic heterocycles. The molecule has 0 bridgehead atoms. The number of hydrogen-bond donors (Lipinski definition) is 0. The first-order valence-corrected chi connectivity index (χ1v) is 8.48. The van der Waals surface area contributed by atoms with E-state index in [-0.39, 0.29) is 17.2 Å². The first kappa shape index (κ1) is 16.7. The number of carbonyl (C=O) groups excluding carboxylic acids is 1. The summed E-state index contributed by atoms with van der Waals surface area (Å²) in [6.45, 7) is 6.48. The zero-order valence-electron chi connectivity index (χ0n) is 13.7. The number of amides is 1. The van der Waals surface area contributed by atoms with Crippen molar-refractivity contribution in [2.75, 3.05) is 11.4 Å². The van der Waals surface area contributed by atoms with E-state index < -0.39 is 5.60 Å². The average Bonchev–Trinajstić information content (AvgIpc) is 2.52. The fourth-order valence-electron chi connectivity index (χ4n) is 2.70. The average molecular weight is 392 g/mol. The van der Waals surface area contributed by atoms with Crippen LogP contribution in [0.1, 0.15) is 31.3 Å². The maximum atomic E-state index is 13.0. The maximum absolute atomic E-state index is 13.0. The number of benzene rings is 1. The molecule has 0 saturated heterocycles. The summed E-state index contributed by atoms with van der Waals surface area (Å²) in [6, 6.07) is 8.39. The van der Waals surface area contributed by atoms with Crippen molar-refractivity contribution in [3.63, 3.8) is 0 Å². The van der Waals surface area contributed by atoms with Crippen LogP contribution in [0.25, 0.3) is 0 Å². The Bertz CT molecular complexity index is 860. The van der Waals surface area contributed by atoms with Crippen molar-refractivity contribution in [1.82, 2.24) is 9.78 Å². The number of ether oxygens (including phenoxy) is 1. The molecule has 6 nitrogen and oxygen atoms in total. The maximum Gasteiger partial charge on any atom is 0.278 e. The van der Waals surface area contributed by atoms with Crippen LogP contribution in [0, 0.1) is 0 Å².